The number of aromatic amines is 1. The second-order valence-electron chi connectivity index (χ2n) is 5.16. The maximum Gasteiger partial charge on any atom is 0.253 e. The van der Waals surface area contributed by atoms with Crippen LogP contribution in [0.25, 0.3) is 0 Å². The molecule has 0 aromatic carbocycles. The van der Waals surface area contributed by atoms with Crippen LogP contribution in [0.2, 0.25) is 0 Å². The topological polar surface area (TPSA) is 84.7 Å². The molecule has 0 spiro atoms. The number of anilines is 1. The summed E-state index contributed by atoms with van der Waals surface area (Å²) >= 11 is 3.08. The molecule has 0 radical (unpaired) electrons. The molecule has 5 nitrogen and oxygen atoms in total. The smallest absolute Gasteiger partial charge is 0.253 e. The zero-order chi connectivity index (χ0) is 14.0. The van der Waals surface area contributed by atoms with Crippen LogP contribution in [0.4, 0.5) is 5.82 Å². The molecule has 102 valence electrons. The lowest BCUT2D eigenvalue weighted by Gasteiger charge is -2.13. The van der Waals surface area contributed by atoms with Gasteiger partial charge in [-0.05, 0) is 0 Å². The number of thioether (sulfide) groups is 1. The predicted octanol–water partition coefficient (Wildman–Crippen LogP) is 2.40. The second-order valence-corrected chi connectivity index (χ2v) is 6.98. The molecular weight excluding hydrogens is 280 g/mol. The van der Waals surface area contributed by atoms with Crippen molar-refractivity contribution in [3.8, 4) is 0 Å². The van der Waals surface area contributed by atoms with Crippen LogP contribution < -0.4 is 11.3 Å². The number of aromatic nitrogens is 3. The number of H-pyrrole nitrogens is 1. The SMILES string of the molecule is CC(C)(C)c1nc(CSc2nc(N)cc(=O)[nH]2)cs1. The minimum atomic E-state index is -0.233. The summed E-state index contributed by atoms with van der Waals surface area (Å²) in [6, 6.07) is 1.27. The molecule has 7 heteroatoms. The first-order valence-corrected chi connectivity index (χ1v) is 7.65. The highest BCUT2D eigenvalue weighted by atomic mass is 32.2. The van der Waals surface area contributed by atoms with E-state index in [9.17, 15) is 4.79 Å². The van der Waals surface area contributed by atoms with E-state index in [0.717, 1.165) is 10.7 Å². The Bertz CT molecular complexity index is 627. The van der Waals surface area contributed by atoms with Gasteiger partial charge in [-0.25, -0.2) is 9.97 Å². The van der Waals surface area contributed by atoms with Gasteiger partial charge >= 0.3 is 0 Å². The number of thiazole rings is 1. The van der Waals surface area contributed by atoms with E-state index >= 15 is 0 Å². The molecular formula is C12H16N4OS2. The Labute approximate surface area is 119 Å². The van der Waals surface area contributed by atoms with Gasteiger partial charge in [0.15, 0.2) is 5.16 Å². The van der Waals surface area contributed by atoms with Gasteiger partial charge in [0.1, 0.15) is 5.82 Å². The fourth-order valence-electron chi connectivity index (χ4n) is 1.38. The maximum atomic E-state index is 11.3. The van der Waals surface area contributed by atoms with E-state index in [1.807, 2.05) is 5.38 Å². The molecule has 2 rings (SSSR count). The normalized spacial score (nSPS) is 11.7. The molecule has 0 unspecified atom stereocenters. The van der Waals surface area contributed by atoms with Gasteiger partial charge in [-0.1, -0.05) is 32.5 Å². The third-order valence-corrected chi connectivity index (χ3v) is 4.51. The van der Waals surface area contributed by atoms with E-state index in [-0.39, 0.29) is 16.8 Å². The van der Waals surface area contributed by atoms with E-state index < -0.39 is 0 Å². The van der Waals surface area contributed by atoms with Gasteiger partial charge in [0, 0.05) is 22.6 Å². The number of nitrogens with zero attached hydrogens (tertiary/aromatic N) is 2. The second kappa shape index (κ2) is 5.34. The lowest BCUT2D eigenvalue weighted by molar-refractivity contribution is 0.584. The molecule has 0 aliphatic heterocycles. The van der Waals surface area contributed by atoms with Crippen molar-refractivity contribution < 1.29 is 0 Å². The van der Waals surface area contributed by atoms with Crippen molar-refractivity contribution in [3.05, 3.63) is 32.5 Å². The lowest BCUT2D eigenvalue weighted by atomic mass is 9.98. The van der Waals surface area contributed by atoms with Crippen molar-refractivity contribution in [2.45, 2.75) is 37.1 Å². The number of nitrogens with one attached hydrogen (secondary N) is 1. The minimum absolute atomic E-state index is 0.0668. The fraction of sp³-hybridized carbons (Fsp3) is 0.417. The van der Waals surface area contributed by atoms with E-state index in [1.54, 1.807) is 11.3 Å². The Morgan fingerprint density at radius 3 is 2.74 bits per heavy atom. The third-order valence-electron chi connectivity index (χ3n) is 2.29. The number of hydrogen-bond acceptors (Lipinski definition) is 6. The number of rotatable bonds is 3. The molecule has 0 saturated heterocycles. The van der Waals surface area contributed by atoms with Crippen LogP contribution in [0.3, 0.4) is 0 Å². The Morgan fingerprint density at radius 1 is 1.42 bits per heavy atom. The standard InChI is InChI=1S/C12H16N4OS2/c1-12(2,3)10-14-7(5-18-10)6-19-11-15-8(13)4-9(17)16-11/h4-5H,6H2,1-3H3,(H3,13,15,16,17). The van der Waals surface area contributed by atoms with Crippen molar-refractivity contribution in [2.24, 2.45) is 0 Å². The Hall–Kier alpha value is -1.34. The van der Waals surface area contributed by atoms with Crippen LogP contribution in [-0.2, 0) is 11.2 Å². The van der Waals surface area contributed by atoms with Crippen molar-refractivity contribution in [3.63, 3.8) is 0 Å². The lowest BCUT2D eigenvalue weighted by Crippen LogP contribution is -2.10. The van der Waals surface area contributed by atoms with Crippen LogP contribution in [0.15, 0.2) is 21.4 Å². The number of nitrogen functional groups attached to an aromatic ring is 1. The molecule has 3 N–H and O–H groups in total. The summed E-state index contributed by atoms with van der Waals surface area (Å²) in [4.78, 5) is 22.6. The molecule has 2 aromatic rings. The summed E-state index contributed by atoms with van der Waals surface area (Å²) in [6.45, 7) is 6.42. The molecule has 0 amide bonds. The van der Waals surface area contributed by atoms with E-state index in [4.69, 9.17) is 5.73 Å². The van der Waals surface area contributed by atoms with Crippen molar-refractivity contribution in [2.75, 3.05) is 5.73 Å². The van der Waals surface area contributed by atoms with Gasteiger partial charge < -0.3 is 10.7 Å². The van der Waals surface area contributed by atoms with Crippen LogP contribution >= 0.6 is 23.1 Å². The van der Waals surface area contributed by atoms with E-state index in [0.29, 0.717) is 10.9 Å². The Morgan fingerprint density at radius 2 is 2.16 bits per heavy atom. The Kier molecular flexibility index (Phi) is 3.96. The summed E-state index contributed by atoms with van der Waals surface area (Å²) in [5.41, 5.74) is 6.36. The van der Waals surface area contributed by atoms with Crippen molar-refractivity contribution >= 4 is 28.9 Å². The first-order valence-electron chi connectivity index (χ1n) is 5.79. The predicted molar refractivity (Wildman–Crippen MR) is 79.6 cm³/mol. The minimum Gasteiger partial charge on any atom is -0.383 e. The summed E-state index contributed by atoms with van der Waals surface area (Å²) < 4.78 is 0. The Balaban J connectivity index is 2.06. The first kappa shape index (κ1) is 14.1. The third kappa shape index (κ3) is 3.81. The molecule has 0 saturated carbocycles. The zero-order valence-corrected chi connectivity index (χ0v) is 12.7. The van der Waals surface area contributed by atoms with Crippen LogP contribution in [0.1, 0.15) is 31.5 Å². The molecule has 0 bridgehead atoms. The molecule has 0 fully saturated rings. The summed E-state index contributed by atoms with van der Waals surface area (Å²) in [5, 5.41) is 3.67. The van der Waals surface area contributed by atoms with Crippen LogP contribution in [0.5, 0.6) is 0 Å². The first-order chi connectivity index (χ1) is 8.84. The maximum absolute atomic E-state index is 11.3. The van der Waals surface area contributed by atoms with Gasteiger partial charge in [-0.3, -0.25) is 4.79 Å². The quantitative estimate of drug-likeness (QED) is 0.671. The average Bonchev–Trinajstić information content (AvgIpc) is 2.73. The largest absolute Gasteiger partial charge is 0.383 e. The highest BCUT2D eigenvalue weighted by molar-refractivity contribution is 7.98. The van der Waals surface area contributed by atoms with Crippen molar-refractivity contribution in [1.82, 2.24) is 15.0 Å². The molecule has 0 atom stereocenters. The molecule has 2 heterocycles. The summed E-state index contributed by atoms with van der Waals surface area (Å²) in [6.07, 6.45) is 0. The average molecular weight is 296 g/mol. The van der Waals surface area contributed by atoms with Gasteiger partial charge in [-0.15, -0.1) is 11.3 Å². The monoisotopic (exact) mass is 296 g/mol. The van der Waals surface area contributed by atoms with Gasteiger partial charge in [0.05, 0.1) is 10.7 Å². The van der Waals surface area contributed by atoms with Gasteiger partial charge in [-0.2, -0.15) is 0 Å². The zero-order valence-electron chi connectivity index (χ0n) is 11.1. The number of hydrogen-bond donors (Lipinski definition) is 2. The van der Waals surface area contributed by atoms with Gasteiger partial charge in [0.2, 0.25) is 0 Å². The van der Waals surface area contributed by atoms with E-state index in [2.05, 4.69) is 35.7 Å². The van der Waals surface area contributed by atoms with Gasteiger partial charge in [0.25, 0.3) is 5.56 Å². The molecule has 0 aliphatic rings. The fourth-order valence-corrected chi connectivity index (χ4v) is 3.17. The summed E-state index contributed by atoms with van der Waals surface area (Å²) in [5.74, 6) is 0.902. The van der Waals surface area contributed by atoms with E-state index in [1.165, 1.54) is 17.8 Å². The highest BCUT2D eigenvalue weighted by Crippen LogP contribution is 2.27. The number of nitrogens with two attached hydrogens (primary N) is 1. The van der Waals surface area contributed by atoms with Crippen molar-refractivity contribution in [1.29, 1.82) is 0 Å². The van der Waals surface area contributed by atoms with Crippen LogP contribution in [0, 0.1) is 0 Å². The molecule has 0 aliphatic carbocycles. The molecule has 2 aromatic heterocycles. The molecule has 19 heavy (non-hydrogen) atoms. The summed E-state index contributed by atoms with van der Waals surface area (Å²) in [7, 11) is 0. The highest BCUT2D eigenvalue weighted by Gasteiger charge is 2.18. The van der Waals surface area contributed by atoms with Crippen LogP contribution in [-0.4, -0.2) is 15.0 Å².